The topological polar surface area (TPSA) is 15.3 Å². The van der Waals surface area contributed by atoms with Crippen LogP contribution in [0.3, 0.4) is 0 Å². The second-order valence-corrected chi connectivity index (χ2v) is 6.43. The Hall–Kier alpha value is -0.540. The number of rotatable bonds is 4. The molecule has 0 aromatic heterocycles. The summed E-state index contributed by atoms with van der Waals surface area (Å²) in [5.74, 6) is 0.787. The van der Waals surface area contributed by atoms with Crippen molar-refractivity contribution < 1.29 is 0 Å². The van der Waals surface area contributed by atoms with Gasteiger partial charge in [-0.1, -0.05) is 19.1 Å². The molecular formula is C16H25BrN2. The molecule has 1 N–H and O–H groups in total. The average Bonchev–Trinajstić information content (AvgIpc) is 2.44. The number of piperidine rings is 1. The molecule has 19 heavy (non-hydrogen) atoms. The highest BCUT2D eigenvalue weighted by Gasteiger charge is 2.23. The molecule has 1 aliphatic rings. The molecule has 1 saturated heterocycles. The van der Waals surface area contributed by atoms with E-state index in [1.165, 1.54) is 48.2 Å². The summed E-state index contributed by atoms with van der Waals surface area (Å²) in [4.78, 5) is 2.55. The third kappa shape index (κ3) is 3.73. The van der Waals surface area contributed by atoms with Gasteiger partial charge in [-0.3, -0.25) is 0 Å². The third-order valence-corrected chi connectivity index (χ3v) is 5.41. The summed E-state index contributed by atoms with van der Waals surface area (Å²) in [5, 5.41) is 3.69. The minimum absolute atomic E-state index is 0.539. The number of benzene rings is 1. The fourth-order valence-electron chi connectivity index (χ4n) is 2.89. The van der Waals surface area contributed by atoms with Crippen LogP contribution in [0.25, 0.3) is 0 Å². The lowest BCUT2D eigenvalue weighted by molar-refractivity contribution is 0.183. The molecule has 1 aliphatic heterocycles. The highest BCUT2D eigenvalue weighted by molar-refractivity contribution is 9.10. The van der Waals surface area contributed by atoms with Crippen LogP contribution in [0.2, 0.25) is 0 Å². The van der Waals surface area contributed by atoms with E-state index in [1.54, 1.807) is 0 Å². The van der Waals surface area contributed by atoms with E-state index in [4.69, 9.17) is 0 Å². The summed E-state index contributed by atoms with van der Waals surface area (Å²) in [7, 11) is 0. The first-order valence-electron chi connectivity index (χ1n) is 7.35. The van der Waals surface area contributed by atoms with Crippen LogP contribution in [0.5, 0.6) is 0 Å². The van der Waals surface area contributed by atoms with E-state index >= 15 is 0 Å². The van der Waals surface area contributed by atoms with Gasteiger partial charge in [0, 0.05) is 16.2 Å². The van der Waals surface area contributed by atoms with E-state index in [9.17, 15) is 0 Å². The first-order chi connectivity index (χ1) is 9.11. The SMILES string of the molecule is CCN1CCC(C(C)Nc2cccc(C)c2Br)CC1. The van der Waals surface area contributed by atoms with E-state index in [0.717, 1.165) is 5.92 Å². The number of hydrogen-bond donors (Lipinski definition) is 1. The van der Waals surface area contributed by atoms with Crippen molar-refractivity contribution in [2.75, 3.05) is 25.0 Å². The molecule has 2 rings (SSSR count). The van der Waals surface area contributed by atoms with Crippen LogP contribution >= 0.6 is 15.9 Å². The maximum Gasteiger partial charge on any atom is 0.0489 e. The number of halogens is 1. The molecule has 1 unspecified atom stereocenters. The van der Waals surface area contributed by atoms with Crippen molar-refractivity contribution in [1.82, 2.24) is 4.90 Å². The van der Waals surface area contributed by atoms with Gasteiger partial charge in [0.1, 0.15) is 0 Å². The lowest BCUT2D eigenvalue weighted by Gasteiger charge is -2.35. The molecular weight excluding hydrogens is 300 g/mol. The lowest BCUT2D eigenvalue weighted by Crippen LogP contribution is -2.39. The van der Waals surface area contributed by atoms with Crippen molar-refractivity contribution in [3.8, 4) is 0 Å². The van der Waals surface area contributed by atoms with E-state index in [-0.39, 0.29) is 0 Å². The van der Waals surface area contributed by atoms with Crippen molar-refractivity contribution in [2.45, 2.75) is 39.7 Å². The first kappa shape index (κ1) is 14.9. The van der Waals surface area contributed by atoms with Gasteiger partial charge in [0.05, 0.1) is 0 Å². The van der Waals surface area contributed by atoms with Gasteiger partial charge >= 0.3 is 0 Å². The average molecular weight is 325 g/mol. The highest BCUT2D eigenvalue weighted by atomic mass is 79.9. The maximum atomic E-state index is 3.69. The molecule has 1 atom stereocenters. The molecule has 0 saturated carbocycles. The summed E-state index contributed by atoms with van der Waals surface area (Å²) in [6.07, 6.45) is 2.62. The number of nitrogens with zero attached hydrogens (tertiary/aromatic N) is 1. The van der Waals surface area contributed by atoms with Crippen LogP contribution in [0.15, 0.2) is 22.7 Å². The fourth-order valence-corrected chi connectivity index (χ4v) is 3.27. The van der Waals surface area contributed by atoms with Gasteiger partial charge < -0.3 is 10.2 Å². The van der Waals surface area contributed by atoms with Crippen LogP contribution in [-0.2, 0) is 0 Å². The molecule has 0 spiro atoms. The number of likely N-dealkylation sites (tertiary alicyclic amines) is 1. The van der Waals surface area contributed by atoms with Crippen molar-refractivity contribution >= 4 is 21.6 Å². The summed E-state index contributed by atoms with van der Waals surface area (Å²) < 4.78 is 1.20. The highest BCUT2D eigenvalue weighted by Crippen LogP contribution is 2.29. The molecule has 0 amide bonds. The molecule has 1 aromatic rings. The van der Waals surface area contributed by atoms with Gasteiger partial charge in [-0.25, -0.2) is 0 Å². The van der Waals surface area contributed by atoms with Crippen LogP contribution in [-0.4, -0.2) is 30.6 Å². The van der Waals surface area contributed by atoms with Gasteiger partial charge in [0.25, 0.3) is 0 Å². The quantitative estimate of drug-likeness (QED) is 0.888. The van der Waals surface area contributed by atoms with Gasteiger partial charge in [-0.15, -0.1) is 0 Å². The van der Waals surface area contributed by atoms with E-state index in [0.29, 0.717) is 6.04 Å². The van der Waals surface area contributed by atoms with E-state index in [2.05, 4.69) is 65.1 Å². The predicted octanol–water partition coefficient (Wildman–Crippen LogP) is 4.29. The number of aryl methyl sites for hydroxylation is 1. The third-order valence-electron chi connectivity index (χ3n) is 4.36. The molecule has 1 aromatic carbocycles. The number of hydrogen-bond acceptors (Lipinski definition) is 2. The smallest absolute Gasteiger partial charge is 0.0489 e. The second kappa shape index (κ2) is 6.76. The Morgan fingerprint density at radius 1 is 1.37 bits per heavy atom. The minimum atomic E-state index is 0.539. The molecule has 106 valence electrons. The largest absolute Gasteiger partial charge is 0.381 e. The Morgan fingerprint density at radius 2 is 2.05 bits per heavy atom. The summed E-state index contributed by atoms with van der Waals surface area (Å²) >= 11 is 3.68. The monoisotopic (exact) mass is 324 g/mol. The zero-order valence-corrected chi connectivity index (χ0v) is 13.8. The van der Waals surface area contributed by atoms with Crippen molar-refractivity contribution in [1.29, 1.82) is 0 Å². The predicted molar refractivity (Wildman–Crippen MR) is 86.8 cm³/mol. The van der Waals surface area contributed by atoms with Crippen LogP contribution in [0.4, 0.5) is 5.69 Å². The van der Waals surface area contributed by atoms with Gasteiger partial charge in [0.15, 0.2) is 0 Å². The van der Waals surface area contributed by atoms with Crippen molar-refractivity contribution in [3.05, 3.63) is 28.2 Å². The van der Waals surface area contributed by atoms with Crippen molar-refractivity contribution in [3.63, 3.8) is 0 Å². The fraction of sp³-hybridized carbons (Fsp3) is 0.625. The normalized spacial score (nSPS) is 19.4. The van der Waals surface area contributed by atoms with Crippen LogP contribution < -0.4 is 5.32 Å². The zero-order chi connectivity index (χ0) is 13.8. The summed E-state index contributed by atoms with van der Waals surface area (Å²) in [6.45, 7) is 10.4. The zero-order valence-electron chi connectivity index (χ0n) is 12.2. The van der Waals surface area contributed by atoms with E-state index < -0.39 is 0 Å². The van der Waals surface area contributed by atoms with Crippen LogP contribution in [0, 0.1) is 12.8 Å². The Labute approximate surface area is 125 Å². The number of anilines is 1. The summed E-state index contributed by atoms with van der Waals surface area (Å²) in [6, 6.07) is 6.96. The Kier molecular flexibility index (Phi) is 5.28. The van der Waals surface area contributed by atoms with Gasteiger partial charge in [-0.05, 0) is 79.8 Å². The van der Waals surface area contributed by atoms with E-state index in [1.807, 2.05) is 0 Å². The maximum absolute atomic E-state index is 3.69. The van der Waals surface area contributed by atoms with Crippen molar-refractivity contribution in [2.24, 2.45) is 5.92 Å². The van der Waals surface area contributed by atoms with Gasteiger partial charge in [0.2, 0.25) is 0 Å². The lowest BCUT2D eigenvalue weighted by atomic mass is 9.90. The molecule has 0 aliphatic carbocycles. The first-order valence-corrected chi connectivity index (χ1v) is 8.15. The minimum Gasteiger partial charge on any atom is -0.381 e. The second-order valence-electron chi connectivity index (χ2n) is 5.64. The molecule has 1 fully saturated rings. The molecule has 2 nitrogen and oxygen atoms in total. The standard InChI is InChI=1S/C16H25BrN2/c1-4-19-10-8-14(9-11-19)13(3)18-15-7-5-6-12(2)16(15)17/h5-7,13-14,18H,4,8-11H2,1-3H3. The Morgan fingerprint density at radius 3 is 2.68 bits per heavy atom. The summed E-state index contributed by atoms with van der Waals surface area (Å²) in [5.41, 5.74) is 2.52. The van der Waals surface area contributed by atoms with Crippen LogP contribution in [0.1, 0.15) is 32.3 Å². The Bertz CT molecular complexity index is 411. The number of nitrogens with one attached hydrogen (secondary N) is 1. The molecule has 0 radical (unpaired) electrons. The molecule has 1 heterocycles. The molecule has 0 bridgehead atoms. The van der Waals surface area contributed by atoms with Gasteiger partial charge in [-0.2, -0.15) is 0 Å². The molecule has 3 heteroatoms. The Balaban J connectivity index is 1.94.